The fourth-order valence-corrected chi connectivity index (χ4v) is 2.54. The molecule has 0 saturated heterocycles. The molecular formula is C13H26N2O. The van der Waals surface area contributed by atoms with Gasteiger partial charge in [0, 0.05) is 12.6 Å². The normalized spacial score (nSPS) is 20.9. The molecule has 0 radical (unpaired) electrons. The van der Waals surface area contributed by atoms with Crippen molar-refractivity contribution in [1.82, 2.24) is 5.32 Å². The summed E-state index contributed by atoms with van der Waals surface area (Å²) >= 11 is 0. The first-order valence-corrected chi connectivity index (χ1v) is 6.64. The van der Waals surface area contributed by atoms with E-state index in [2.05, 4.69) is 19.2 Å². The first-order chi connectivity index (χ1) is 7.60. The summed E-state index contributed by atoms with van der Waals surface area (Å²) in [6.07, 6.45) is 7.89. The first kappa shape index (κ1) is 13.5. The van der Waals surface area contributed by atoms with Gasteiger partial charge in [0.25, 0.3) is 0 Å². The van der Waals surface area contributed by atoms with Crippen molar-refractivity contribution in [1.29, 1.82) is 0 Å². The molecule has 1 aliphatic rings. The van der Waals surface area contributed by atoms with E-state index in [4.69, 9.17) is 5.73 Å². The van der Waals surface area contributed by atoms with Crippen molar-refractivity contribution in [2.24, 2.45) is 11.1 Å². The number of nitrogens with one attached hydrogen (secondary N) is 1. The molecule has 0 aliphatic heterocycles. The quantitative estimate of drug-likeness (QED) is 0.699. The molecule has 3 nitrogen and oxygen atoms in total. The van der Waals surface area contributed by atoms with Gasteiger partial charge in [0.1, 0.15) is 0 Å². The fraction of sp³-hybridized carbons (Fsp3) is 0.923. The third kappa shape index (κ3) is 3.48. The molecule has 0 bridgehead atoms. The number of hydrogen-bond donors (Lipinski definition) is 2. The van der Waals surface area contributed by atoms with Crippen molar-refractivity contribution >= 4 is 5.91 Å². The molecule has 16 heavy (non-hydrogen) atoms. The van der Waals surface area contributed by atoms with Crippen LogP contribution in [0.15, 0.2) is 0 Å². The van der Waals surface area contributed by atoms with Crippen molar-refractivity contribution < 1.29 is 4.79 Å². The van der Waals surface area contributed by atoms with E-state index in [0.29, 0.717) is 6.04 Å². The monoisotopic (exact) mass is 226 g/mol. The summed E-state index contributed by atoms with van der Waals surface area (Å²) < 4.78 is 0. The summed E-state index contributed by atoms with van der Waals surface area (Å²) in [5, 5.41) is 3.48. The van der Waals surface area contributed by atoms with Gasteiger partial charge in [0.15, 0.2) is 0 Å². The van der Waals surface area contributed by atoms with Crippen molar-refractivity contribution in [2.45, 2.75) is 64.8 Å². The van der Waals surface area contributed by atoms with Gasteiger partial charge < -0.3 is 11.1 Å². The van der Waals surface area contributed by atoms with Gasteiger partial charge in [-0.25, -0.2) is 0 Å². The summed E-state index contributed by atoms with van der Waals surface area (Å²) in [5.41, 5.74) is 5.29. The molecule has 1 saturated carbocycles. The second-order valence-corrected chi connectivity index (χ2v) is 5.28. The Kier molecular flexibility index (Phi) is 5.26. The molecule has 1 aliphatic carbocycles. The van der Waals surface area contributed by atoms with Gasteiger partial charge in [-0.15, -0.1) is 0 Å². The molecule has 3 N–H and O–H groups in total. The number of rotatable bonds is 7. The molecule has 0 aromatic heterocycles. The minimum absolute atomic E-state index is 0.111. The molecule has 1 amide bonds. The first-order valence-electron chi connectivity index (χ1n) is 6.64. The maximum absolute atomic E-state index is 11.5. The average Bonchev–Trinajstić information content (AvgIpc) is 2.73. The lowest BCUT2D eigenvalue weighted by atomic mass is 9.85. The van der Waals surface area contributed by atoms with Crippen molar-refractivity contribution in [2.75, 3.05) is 6.54 Å². The van der Waals surface area contributed by atoms with Gasteiger partial charge >= 0.3 is 0 Å². The van der Waals surface area contributed by atoms with Gasteiger partial charge in [-0.05, 0) is 26.2 Å². The van der Waals surface area contributed by atoms with Crippen LogP contribution in [0.3, 0.4) is 0 Å². The van der Waals surface area contributed by atoms with Crippen LogP contribution < -0.4 is 11.1 Å². The van der Waals surface area contributed by atoms with Crippen LogP contribution in [0.1, 0.15) is 58.8 Å². The molecule has 1 atom stereocenters. The number of unbranched alkanes of at least 4 members (excludes halogenated alkanes) is 1. The smallest absolute Gasteiger partial charge is 0.224 e. The van der Waals surface area contributed by atoms with Gasteiger partial charge in [0.05, 0.1) is 5.41 Å². The highest BCUT2D eigenvalue weighted by atomic mass is 16.1. The lowest BCUT2D eigenvalue weighted by Gasteiger charge is -2.27. The number of primary amides is 1. The predicted molar refractivity (Wildman–Crippen MR) is 67.1 cm³/mol. The predicted octanol–water partition coefficient (Wildman–Crippen LogP) is 2.20. The number of nitrogens with two attached hydrogens (primary N) is 1. The van der Waals surface area contributed by atoms with E-state index in [-0.39, 0.29) is 11.3 Å². The molecular weight excluding hydrogens is 200 g/mol. The summed E-state index contributed by atoms with van der Waals surface area (Å²) in [5.74, 6) is -0.111. The Morgan fingerprint density at radius 1 is 1.44 bits per heavy atom. The van der Waals surface area contributed by atoms with E-state index < -0.39 is 0 Å². The molecule has 0 aromatic carbocycles. The van der Waals surface area contributed by atoms with E-state index in [9.17, 15) is 4.79 Å². The Balaban J connectivity index is 2.36. The highest BCUT2D eigenvalue weighted by Crippen LogP contribution is 2.37. The van der Waals surface area contributed by atoms with Crippen LogP contribution in [0.25, 0.3) is 0 Å². The van der Waals surface area contributed by atoms with Crippen LogP contribution >= 0.6 is 0 Å². The summed E-state index contributed by atoms with van der Waals surface area (Å²) in [6, 6.07) is 0.497. The van der Waals surface area contributed by atoms with E-state index in [1.54, 1.807) is 0 Å². The number of hydrogen-bond acceptors (Lipinski definition) is 2. The SMILES string of the molecule is CCCCC(C)NCC1(C(N)=O)CCCC1. The van der Waals surface area contributed by atoms with Crippen LogP contribution in [-0.2, 0) is 4.79 Å². The van der Waals surface area contributed by atoms with Crippen LogP contribution in [0, 0.1) is 5.41 Å². The zero-order valence-electron chi connectivity index (χ0n) is 10.7. The highest BCUT2D eigenvalue weighted by molar-refractivity contribution is 5.81. The van der Waals surface area contributed by atoms with E-state index in [0.717, 1.165) is 32.2 Å². The number of amides is 1. The maximum Gasteiger partial charge on any atom is 0.224 e. The number of carbonyl (C=O) groups is 1. The Morgan fingerprint density at radius 2 is 2.06 bits per heavy atom. The minimum Gasteiger partial charge on any atom is -0.369 e. The average molecular weight is 226 g/mol. The molecule has 0 heterocycles. The summed E-state index contributed by atoms with van der Waals surface area (Å²) in [4.78, 5) is 11.5. The third-order valence-electron chi connectivity index (χ3n) is 3.86. The molecule has 0 spiro atoms. The van der Waals surface area contributed by atoms with Crippen LogP contribution in [-0.4, -0.2) is 18.5 Å². The maximum atomic E-state index is 11.5. The lowest BCUT2D eigenvalue weighted by Crippen LogP contribution is -2.45. The van der Waals surface area contributed by atoms with Crippen molar-refractivity contribution in [3.8, 4) is 0 Å². The van der Waals surface area contributed by atoms with Crippen molar-refractivity contribution in [3.05, 3.63) is 0 Å². The third-order valence-corrected chi connectivity index (χ3v) is 3.86. The molecule has 94 valence electrons. The van der Waals surface area contributed by atoms with E-state index in [1.165, 1.54) is 19.3 Å². The van der Waals surface area contributed by atoms with Crippen LogP contribution in [0.5, 0.6) is 0 Å². The molecule has 3 heteroatoms. The zero-order chi connectivity index (χ0) is 12.0. The summed E-state index contributed by atoms with van der Waals surface area (Å²) in [6.45, 7) is 5.17. The second kappa shape index (κ2) is 6.24. The Labute approximate surface area is 99.2 Å². The molecule has 1 unspecified atom stereocenters. The highest BCUT2D eigenvalue weighted by Gasteiger charge is 2.39. The minimum atomic E-state index is -0.250. The lowest BCUT2D eigenvalue weighted by molar-refractivity contribution is -0.127. The van der Waals surface area contributed by atoms with Gasteiger partial charge in [-0.2, -0.15) is 0 Å². The van der Waals surface area contributed by atoms with Gasteiger partial charge in [0.2, 0.25) is 5.91 Å². The van der Waals surface area contributed by atoms with Crippen molar-refractivity contribution in [3.63, 3.8) is 0 Å². The second-order valence-electron chi connectivity index (χ2n) is 5.28. The largest absolute Gasteiger partial charge is 0.369 e. The Hall–Kier alpha value is -0.570. The van der Waals surface area contributed by atoms with Gasteiger partial charge in [-0.1, -0.05) is 32.6 Å². The molecule has 1 rings (SSSR count). The van der Waals surface area contributed by atoms with Crippen LogP contribution in [0.4, 0.5) is 0 Å². The van der Waals surface area contributed by atoms with E-state index in [1.807, 2.05) is 0 Å². The van der Waals surface area contributed by atoms with Crippen LogP contribution in [0.2, 0.25) is 0 Å². The molecule has 0 aromatic rings. The number of carbonyl (C=O) groups excluding carboxylic acids is 1. The molecule has 1 fully saturated rings. The fourth-order valence-electron chi connectivity index (χ4n) is 2.54. The van der Waals surface area contributed by atoms with E-state index >= 15 is 0 Å². The standard InChI is InChI=1S/C13H26N2O/c1-3-4-7-11(2)15-10-13(12(14)16)8-5-6-9-13/h11,15H,3-10H2,1-2H3,(H2,14,16). The Bertz CT molecular complexity index is 222. The topological polar surface area (TPSA) is 55.1 Å². The van der Waals surface area contributed by atoms with Gasteiger partial charge in [-0.3, -0.25) is 4.79 Å². The Morgan fingerprint density at radius 3 is 2.56 bits per heavy atom. The zero-order valence-corrected chi connectivity index (χ0v) is 10.7. The summed E-state index contributed by atoms with van der Waals surface area (Å²) in [7, 11) is 0.